The Labute approximate surface area is 152 Å². The van der Waals surface area contributed by atoms with E-state index in [4.69, 9.17) is 4.74 Å². The van der Waals surface area contributed by atoms with Crippen LogP contribution in [0.3, 0.4) is 0 Å². The molecule has 2 amide bonds. The second kappa shape index (κ2) is 7.17. The van der Waals surface area contributed by atoms with Gasteiger partial charge < -0.3 is 20.5 Å². The van der Waals surface area contributed by atoms with Gasteiger partial charge in [0.05, 0.1) is 13.2 Å². The third-order valence-corrected chi connectivity index (χ3v) is 4.55. The summed E-state index contributed by atoms with van der Waals surface area (Å²) in [5, 5.41) is 16.0. The minimum absolute atomic E-state index is 0.0631. The maximum absolute atomic E-state index is 12.2. The summed E-state index contributed by atoms with van der Waals surface area (Å²) in [7, 11) is 0. The van der Waals surface area contributed by atoms with Gasteiger partial charge in [-0.1, -0.05) is 30.3 Å². The number of amides is 2. The van der Waals surface area contributed by atoms with Crippen LogP contribution in [0.5, 0.6) is 5.75 Å². The van der Waals surface area contributed by atoms with Gasteiger partial charge in [-0.05, 0) is 37.1 Å². The molecule has 0 saturated carbocycles. The van der Waals surface area contributed by atoms with Crippen LogP contribution in [-0.4, -0.2) is 30.1 Å². The van der Waals surface area contributed by atoms with Crippen molar-refractivity contribution in [1.82, 2.24) is 5.32 Å². The fraction of sp³-hybridized carbons (Fsp3) is 0.300. The number of carbonyl (C=O) groups excluding carboxylic acids is 2. The highest BCUT2D eigenvalue weighted by molar-refractivity contribution is 6.39. The minimum Gasteiger partial charge on any atom is -0.493 e. The maximum atomic E-state index is 12.2. The number of aryl methyl sites for hydroxylation is 2. The Morgan fingerprint density at radius 2 is 1.92 bits per heavy atom. The summed E-state index contributed by atoms with van der Waals surface area (Å²) in [4.78, 5) is 24.3. The van der Waals surface area contributed by atoms with Gasteiger partial charge in [-0.15, -0.1) is 0 Å². The lowest BCUT2D eigenvalue weighted by Gasteiger charge is -2.34. The van der Waals surface area contributed by atoms with Crippen LogP contribution in [0.25, 0.3) is 0 Å². The normalized spacial score (nSPS) is 18.4. The summed E-state index contributed by atoms with van der Waals surface area (Å²) in [6.07, 6.45) is 0.336. The van der Waals surface area contributed by atoms with E-state index in [1.165, 1.54) is 0 Å². The van der Waals surface area contributed by atoms with Crippen molar-refractivity contribution in [1.29, 1.82) is 0 Å². The van der Waals surface area contributed by atoms with E-state index in [9.17, 15) is 14.7 Å². The highest BCUT2D eigenvalue weighted by Gasteiger charge is 2.36. The molecule has 3 rings (SSSR count). The number of hydrogen-bond donors (Lipinski definition) is 3. The molecule has 1 unspecified atom stereocenters. The van der Waals surface area contributed by atoms with Crippen LogP contribution in [0, 0.1) is 13.8 Å². The molecule has 1 aliphatic heterocycles. The zero-order chi connectivity index (χ0) is 18.7. The number of ether oxygens (including phenoxy) is 1. The molecule has 136 valence electrons. The summed E-state index contributed by atoms with van der Waals surface area (Å²) in [5.41, 5.74) is 1.80. The van der Waals surface area contributed by atoms with E-state index in [-0.39, 0.29) is 6.54 Å². The first kappa shape index (κ1) is 17.9. The zero-order valence-electron chi connectivity index (χ0n) is 14.8. The molecule has 0 saturated heterocycles. The summed E-state index contributed by atoms with van der Waals surface area (Å²) in [5.74, 6) is -0.957. The standard InChI is InChI=1S/C20H22N2O4/c1-13-7-8-14(2)16(11-13)22-19(24)18(23)21-12-20(25)9-10-26-17-6-4-3-5-15(17)20/h3-8,11,25H,9-10,12H2,1-2H3,(H,21,23)(H,22,24). The average Bonchev–Trinajstić information content (AvgIpc) is 2.63. The lowest BCUT2D eigenvalue weighted by atomic mass is 9.88. The predicted octanol–water partition coefficient (Wildman–Crippen LogP) is 2.03. The van der Waals surface area contributed by atoms with Gasteiger partial charge in [0, 0.05) is 17.7 Å². The van der Waals surface area contributed by atoms with Crippen molar-refractivity contribution in [3.63, 3.8) is 0 Å². The van der Waals surface area contributed by atoms with Gasteiger partial charge >= 0.3 is 11.8 Å². The highest BCUT2D eigenvalue weighted by Crippen LogP contribution is 2.36. The Morgan fingerprint density at radius 1 is 1.15 bits per heavy atom. The van der Waals surface area contributed by atoms with Crippen molar-refractivity contribution in [2.24, 2.45) is 0 Å². The first-order chi connectivity index (χ1) is 12.4. The Kier molecular flexibility index (Phi) is 4.95. The number of anilines is 1. The Morgan fingerprint density at radius 3 is 2.73 bits per heavy atom. The van der Waals surface area contributed by atoms with Gasteiger partial charge in [-0.2, -0.15) is 0 Å². The molecule has 0 spiro atoms. The molecule has 1 heterocycles. The molecular formula is C20H22N2O4. The van der Waals surface area contributed by atoms with Gasteiger partial charge in [0.2, 0.25) is 0 Å². The van der Waals surface area contributed by atoms with E-state index in [1.54, 1.807) is 18.2 Å². The number of rotatable bonds is 3. The number of hydrogen-bond acceptors (Lipinski definition) is 4. The van der Waals surface area contributed by atoms with Crippen molar-refractivity contribution in [3.8, 4) is 5.75 Å². The van der Waals surface area contributed by atoms with Gasteiger partial charge in [0.25, 0.3) is 0 Å². The molecule has 2 aromatic carbocycles. The molecule has 0 aliphatic carbocycles. The molecule has 3 N–H and O–H groups in total. The quantitative estimate of drug-likeness (QED) is 0.736. The SMILES string of the molecule is Cc1ccc(C)c(NC(=O)C(=O)NCC2(O)CCOc3ccccc32)c1. The van der Waals surface area contributed by atoms with Gasteiger partial charge in [-0.25, -0.2) is 0 Å². The number of benzene rings is 2. The lowest BCUT2D eigenvalue weighted by molar-refractivity contribution is -0.137. The largest absolute Gasteiger partial charge is 0.493 e. The fourth-order valence-electron chi connectivity index (χ4n) is 2.98. The van der Waals surface area contributed by atoms with Gasteiger partial charge in [-0.3, -0.25) is 9.59 Å². The highest BCUT2D eigenvalue weighted by atomic mass is 16.5. The Hall–Kier alpha value is -2.86. The van der Waals surface area contributed by atoms with Crippen LogP contribution >= 0.6 is 0 Å². The summed E-state index contributed by atoms with van der Waals surface area (Å²) < 4.78 is 5.52. The molecule has 0 fully saturated rings. The van der Waals surface area contributed by atoms with Crippen LogP contribution in [0.1, 0.15) is 23.1 Å². The van der Waals surface area contributed by atoms with Crippen LogP contribution in [-0.2, 0) is 15.2 Å². The van der Waals surface area contributed by atoms with Gasteiger partial charge in [0.15, 0.2) is 0 Å². The first-order valence-electron chi connectivity index (χ1n) is 8.50. The topological polar surface area (TPSA) is 87.7 Å². The number of para-hydroxylation sites is 1. The third-order valence-electron chi connectivity index (χ3n) is 4.55. The number of carbonyl (C=O) groups is 2. The van der Waals surface area contributed by atoms with Crippen molar-refractivity contribution >= 4 is 17.5 Å². The molecular weight excluding hydrogens is 332 g/mol. The second-order valence-corrected chi connectivity index (χ2v) is 6.58. The van der Waals surface area contributed by atoms with E-state index in [0.29, 0.717) is 30.0 Å². The van der Waals surface area contributed by atoms with Crippen molar-refractivity contribution < 1.29 is 19.4 Å². The predicted molar refractivity (Wildman–Crippen MR) is 98.0 cm³/mol. The zero-order valence-corrected chi connectivity index (χ0v) is 14.8. The molecule has 6 heteroatoms. The smallest absolute Gasteiger partial charge is 0.313 e. The Balaban J connectivity index is 1.65. The van der Waals surface area contributed by atoms with E-state index >= 15 is 0 Å². The van der Waals surface area contributed by atoms with Crippen LogP contribution in [0.15, 0.2) is 42.5 Å². The summed E-state index contributed by atoms with van der Waals surface area (Å²) >= 11 is 0. The number of fused-ring (bicyclic) bond motifs is 1. The van der Waals surface area contributed by atoms with Crippen LogP contribution in [0.4, 0.5) is 5.69 Å². The molecule has 2 aromatic rings. The van der Waals surface area contributed by atoms with Crippen molar-refractivity contribution in [3.05, 3.63) is 59.2 Å². The first-order valence-corrected chi connectivity index (χ1v) is 8.50. The molecule has 1 atom stereocenters. The molecule has 0 bridgehead atoms. The maximum Gasteiger partial charge on any atom is 0.313 e. The van der Waals surface area contributed by atoms with E-state index in [0.717, 1.165) is 11.1 Å². The number of nitrogens with one attached hydrogen (secondary N) is 2. The molecule has 1 aliphatic rings. The number of aliphatic hydroxyl groups is 1. The van der Waals surface area contributed by atoms with E-state index < -0.39 is 17.4 Å². The van der Waals surface area contributed by atoms with E-state index in [2.05, 4.69) is 10.6 Å². The van der Waals surface area contributed by atoms with Crippen molar-refractivity contribution in [2.45, 2.75) is 25.9 Å². The average molecular weight is 354 g/mol. The second-order valence-electron chi connectivity index (χ2n) is 6.58. The van der Waals surface area contributed by atoms with Crippen molar-refractivity contribution in [2.75, 3.05) is 18.5 Å². The van der Waals surface area contributed by atoms with Crippen LogP contribution < -0.4 is 15.4 Å². The van der Waals surface area contributed by atoms with E-state index in [1.807, 2.05) is 38.1 Å². The molecule has 0 radical (unpaired) electrons. The monoisotopic (exact) mass is 354 g/mol. The summed E-state index contributed by atoms with van der Waals surface area (Å²) in [6.45, 7) is 4.05. The molecule has 0 aromatic heterocycles. The summed E-state index contributed by atoms with van der Waals surface area (Å²) in [6, 6.07) is 12.8. The fourth-order valence-corrected chi connectivity index (χ4v) is 2.98. The third kappa shape index (κ3) is 3.70. The molecule has 6 nitrogen and oxygen atoms in total. The minimum atomic E-state index is -1.26. The van der Waals surface area contributed by atoms with Crippen LogP contribution in [0.2, 0.25) is 0 Å². The Bertz CT molecular complexity index is 849. The lowest BCUT2D eigenvalue weighted by Crippen LogP contribution is -2.46. The van der Waals surface area contributed by atoms with Gasteiger partial charge in [0.1, 0.15) is 11.4 Å². The molecule has 26 heavy (non-hydrogen) atoms.